The van der Waals surface area contributed by atoms with Gasteiger partial charge in [0.15, 0.2) is 0 Å². The van der Waals surface area contributed by atoms with Crippen molar-refractivity contribution in [1.82, 2.24) is 9.97 Å². The van der Waals surface area contributed by atoms with Gasteiger partial charge in [-0.25, -0.2) is 9.97 Å². The van der Waals surface area contributed by atoms with Crippen LogP contribution in [0.15, 0.2) is 36.7 Å². The van der Waals surface area contributed by atoms with Gasteiger partial charge in [0, 0.05) is 6.04 Å². The van der Waals surface area contributed by atoms with Crippen LogP contribution in [0.4, 0.5) is 0 Å². The summed E-state index contributed by atoms with van der Waals surface area (Å²) >= 11 is 0. The van der Waals surface area contributed by atoms with E-state index in [1.54, 1.807) is 7.11 Å². The average Bonchev–Trinajstić information content (AvgIpc) is 2.54. The van der Waals surface area contributed by atoms with Gasteiger partial charge in [0.25, 0.3) is 0 Å². The van der Waals surface area contributed by atoms with E-state index in [1.807, 2.05) is 30.4 Å². The van der Waals surface area contributed by atoms with Crippen molar-refractivity contribution in [3.05, 3.63) is 36.7 Å². The molecule has 110 valence electrons. The SMILES string of the molecule is COc1ccc2ncnc(OC[C@@H]3C=C[C@@H](N)CO3)c2c1. The van der Waals surface area contributed by atoms with Gasteiger partial charge in [-0.3, -0.25) is 0 Å². The standard InChI is InChI=1S/C15H17N3O3/c1-19-11-4-5-14-13(6-11)15(18-9-17-14)21-8-12-3-2-10(16)7-20-12/h2-6,9-10,12H,7-8,16H2,1H3/t10-,12+/m1/s1. The van der Waals surface area contributed by atoms with E-state index < -0.39 is 0 Å². The summed E-state index contributed by atoms with van der Waals surface area (Å²) in [6.07, 6.45) is 5.22. The molecule has 0 aliphatic carbocycles. The minimum absolute atomic E-state index is 0.0367. The fraction of sp³-hybridized carbons (Fsp3) is 0.333. The van der Waals surface area contributed by atoms with Crippen molar-refractivity contribution < 1.29 is 14.2 Å². The van der Waals surface area contributed by atoms with Crippen LogP contribution in [0.1, 0.15) is 0 Å². The molecule has 0 unspecified atom stereocenters. The monoisotopic (exact) mass is 287 g/mol. The summed E-state index contributed by atoms with van der Waals surface area (Å²) in [6.45, 7) is 0.884. The highest BCUT2D eigenvalue weighted by molar-refractivity contribution is 5.84. The summed E-state index contributed by atoms with van der Waals surface area (Å²) in [5, 5.41) is 0.813. The number of ether oxygens (including phenoxy) is 3. The second-order valence-electron chi connectivity index (χ2n) is 4.79. The van der Waals surface area contributed by atoms with E-state index >= 15 is 0 Å². The Labute approximate surface area is 122 Å². The van der Waals surface area contributed by atoms with Crippen molar-refractivity contribution in [2.24, 2.45) is 5.73 Å². The van der Waals surface area contributed by atoms with Crippen LogP contribution in [0.5, 0.6) is 11.6 Å². The normalized spacial score (nSPS) is 21.4. The van der Waals surface area contributed by atoms with Crippen LogP contribution in [0.2, 0.25) is 0 Å². The minimum atomic E-state index is -0.111. The highest BCUT2D eigenvalue weighted by atomic mass is 16.5. The lowest BCUT2D eigenvalue weighted by Gasteiger charge is -2.21. The summed E-state index contributed by atoms with van der Waals surface area (Å²) in [7, 11) is 1.62. The number of benzene rings is 1. The molecule has 0 saturated heterocycles. The van der Waals surface area contributed by atoms with E-state index in [2.05, 4.69) is 9.97 Å². The minimum Gasteiger partial charge on any atom is -0.497 e. The van der Waals surface area contributed by atoms with E-state index in [4.69, 9.17) is 19.9 Å². The van der Waals surface area contributed by atoms with Crippen molar-refractivity contribution in [2.45, 2.75) is 12.1 Å². The zero-order valence-electron chi connectivity index (χ0n) is 11.7. The Bertz CT molecular complexity index is 660. The highest BCUT2D eigenvalue weighted by Crippen LogP contribution is 2.26. The second kappa shape index (κ2) is 6.07. The summed E-state index contributed by atoms with van der Waals surface area (Å²) in [4.78, 5) is 8.40. The molecule has 1 aliphatic heterocycles. The molecular weight excluding hydrogens is 270 g/mol. The fourth-order valence-corrected chi connectivity index (χ4v) is 2.13. The van der Waals surface area contributed by atoms with Crippen LogP contribution >= 0.6 is 0 Å². The first-order valence-corrected chi connectivity index (χ1v) is 6.73. The Kier molecular flexibility index (Phi) is 3.98. The van der Waals surface area contributed by atoms with E-state index in [0.717, 1.165) is 16.7 Å². The Morgan fingerprint density at radius 3 is 3.00 bits per heavy atom. The maximum atomic E-state index is 5.77. The van der Waals surface area contributed by atoms with Crippen LogP contribution in [0.25, 0.3) is 10.9 Å². The van der Waals surface area contributed by atoms with Crippen molar-refractivity contribution in [2.75, 3.05) is 20.3 Å². The lowest BCUT2D eigenvalue weighted by atomic mass is 10.2. The van der Waals surface area contributed by atoms with Crippen molar-refractivity contribution in [3.63, 3.8) is 0 Å². The Balaban J connectivity index is 1.78. The number of methoxy groups -OCH3 is 1. The third-order valence-electron chi connectivity index (χ3n) is 3.27. The molecule has 6 nitrogen and oxygen atoms in total. The molecule has 1 aromatic carbocycles. The highest BCUT2D eigenvalue weighted by Gasteiger charge is 2.15. The van der Waals surface area contributed by atoms with Gasteiger partial charge in [-0.1, -0.05) is 12.2 Å². The Morgan fingerprint density at radius 2 is 2.24 bits per heavy atom. The molecule has 0 bridgehead atoms. The molecule has 2 N–H and O–H groups in total. The predicted molar refractivity (Wildman–Crippen MR) is 78.4 cm³/mol. The zero-order chi connectivity index (χ0) is 14.7. The largest absolute Gasteiger partial charge is 0.497 e. The van der Waals surface area contributed by atoms with Crippen molar-refractivity contribution in [1.29, 1.82) is 0 Å². The van der Waals surface area contributed by atoms with E-state index in [-0.39, 0.29) is 12.1 Å². The first kappa shape index (κ1) is 13.8. The summed E-state index contributed by atoms with van der Waals surface area (Å²) in [6, 6.07) is 5.55. The molecule has 21 heavy (non-hydrogen) atoms. The lowest BCUT2D eigenvalue weighted by molar-refractivity contribution is 0.0386. The molecular formula is C15H17N3O3. The quantitative estimate of drug-likeness (QED) is 0.854. The molecule has 0 spiro atoms. The van der Waals surface area contributed by atoms with Gasteiger partial charge >= 0.3 is 0 Å². The summed E-state index contributed by atoms with van der Waals surface area (Å²) in [5.41, 5.74) is 6.53. The first-order valence-electron chi connectivity index (χ1n) is 6.73. The first-order chi connectivity index (χ1) is 10.3. The van der Waals surface area contributed by atoms with Gasteiger partial charge in [-0.15, -0.1) is 0 Å². The Morgan fingerprint density at radius 1 is 1.33 bits per heavy atom. The van der Waals surface area contributed by atoms with Crippen LogP contribution in [-0.4, -0.2) is 42.4 Å². The zero-order valence-corrected chi connectivity index (χ0v) is 11.7. The maximum absolute atomic E-state index is 5.77. The Hall–Kier alpha value is -2.18. The number of hydrogen-bond donors (Lipinski definition) is 1. The van der Waals surface area contributed by atoms with Gasteiger partial charge < -0.3 is 19.9 Å². The van der Waals surface area contributed by atoms with Crippen molar-refractivity contribution in [3.8, 4) is 11.6 Å². The van der Waals surface area contributed by atoms with Gasteiger partial charge in [0.1, 0.15) is 24.8 Å². The van der Waals surface area contributed by atoms with Gasteiger partial charge in [0.2, 0.25) is 5.88 Å². The molecule has 0 saturated carbocycles. The average molecular weight is 287 g/mol. The van der Waals surface area contributed by atoms with Crippen LogP contribution in [0.3, 0.4) is 0 Å². The van der Waals surface area contributed by atoms with E-state index in [9.17, 15) is 0 Å². The number of nitrogens with two attached hydrogens (primary N) is 1. The van der Waals surface area contributed by atoms with Crippen molar-refractivity contribution >= 4 is 10.9 Å². The van der Waals surface area contributed by atoms with E-state index in [0.29, 0.717) is 19.1 Å². The fourth-order valence-electron chi connectivity index (χ4n) is 2.13. The second-order valence-corrected chi connectivity index (χ2v) is 4.79. The number of hydrogen-bond acceptors (Lipinski definition) is 6. The number of aromatic nitrogens is 2. The van der Waals surface area contributed by atoms with Gasteiger partial charge in [-0.05, 0) is 18.2 Å². The third kappa shape index (κ3) is 3.12. The molecule has 0 amide bonds. The van der Waals surface area contributed by atoms with Gasteiger partial charge in [0.05, 0.1) is 24.6 Å². The molecule has 0 fully saturated rings. The molecule has 6 heteroatoms. The molecule has 1 aromatic heterocycles. The summed E-state index contributed by atoms with van der Waals surface area (Å²) < 4.78 is 16.6. The smallest absolute Gasteiger partial charge is 0.224 e. The van der Waals surface area contributed by atoms with E-state index in [1.165, 1.54) is 6.33 Å². The topological polar surface area (TPSA) is 79.5 Å². The molecule has 2 heterocycles. The predicted octanol–water partition coefficient (Wildman–Crippen LogP) is 1.30. The lowest BCUT2D eigenvalue weighted by Crippen LogP contribution is -2.33. The third-order valence-corrected chi connectivity index (χ3v) is 3.27. The van der Waals surface area contributed by atoms with Gasteiger partial charge in [-0.2, -0.15) is 0 Å². The molecule has 3 rings (SSSR count). The van der Waals surface area contributed by atoms with Crippen LogP contribution in [-0.2, 0) is 4.74 Å². The maximum Gasteiger partial charge on any atom is 0.224 e. The van der Waals surface area contributed by atoms with Crippen LogP contribution < -0.4 is 15.2 Å². The number of rotatable bonds is 4. The number of nitrogens with zero attached hydrogens (tertiary/aromatic N) is 2. The number of fused-ring (bicyclic) bond motifs is 1. The molecule has 2 atom stereocenters. The van der Waals surface area contributed by atoms with Crippen LogP contribution in [0, 0.1) is 0 Å². The molecule has 0 radical (unpaired) electrons. The molecule has 2 aromatic rings. The molecule has 1 aliphatic rings. The summed E-state index contributed by atoms with van der Waals surface area (Å²) in [5.74, 6) is 1.26.